The second-order valence-electron chi connectivity index (χ2n) is 3.87. The molecule has 0 saturated carbocycles. The van der Waals surface area contributed by atoms with Gasteiger partial charge in [-0.1, -0.05) is 13.3 Å². The SMILES string of the molecule is CCCC(C)(NCC(=O)NC(=O)NC)C(=O)O. The Bertz CT molecular complexity index is 306. The Morgan fingerprint density at radius 3 is 2.29 bits per heavy atom. The van der Waals surface area contributed by atoms with Crippen molar-refractivity contribution in [1.29, 1.82) is 0 Å². The third-order valence-corrected chi connectivity index (χ3v) is 2.34. The van der Waals surface area contributed by atoms with Crippen LogP contribution < -0.4 is 16.0 Å². The summed E-state index contributed by atoms with van der Waals surface area (Å²) in [6.45, 7) is 3.13. The van der Waals surface area contributed by atoms with E-state index in [1.165, 1.54) is 14.0 Å². The van der Waals surface area contributed by atoms with Gasteiger partial charge in [-0.2, -0.15) is 0 Å². The maximum Gasteiger partial charge on any atom is 0.323 e. The smallest absolute Gasteiger partial charge is 0.323 e. The van der Waals surface area contributed by atoms with Crippen molar-refractivity contribution in [1.82, 2.24) is 16.0 Å². The van der Waals surface area contributed by atoms with E-state index in [9.17, 15) is 14.4 Å². The number of aliphatic carboxylic acids is 1. The molecule has 0 aliphatic rings. The molecule has 0 rings (SSSR count). The third kappa shape index (κ3) is 5.30. The Kier molecular flexibility index (Phi) is 6.19. The molecule has 3 amide bonds. The van der Waals surface area contributed by atoms with Crippen LogP contribution in [0, 0.1) is 0 Å². The molecule has 0 radical (unpaired) electrons. The molecule has 0 aliphatic heterocycles. The zero-order chi connectivity index (χ0) is 13.5. The summed E-state index contributed by atoms with van der Waals surface area (Å²) in [5.74, 6) is -1.60. The number of hydrogen-bond acceptors (Lipinski definition) is 4. The fraction of sp³-hybridized carbons (Fsp3) is 0.700. The van der Waals surface area contributed by atoms with Crippen LogP contribution in [0.4, 0.5) is 4.79 Å². The van der Waals surface area contributed by atoms with Gasteiger partial charge in [0.15, 0.2) is 0 Å². The van der Waals surface area contributed by atoms with Crippen molar-refractivity contribution in [3.8, 4) is 0 Å². The largest absolute Gasteiger partial charge is 0.480 e. The fourth-order valence-electron chi connectivity index (χ4n) is 1.28. The van der Waals surface area contributed by atoms with E-state index in [1.807, 2.05) is 12.2 Å². The lowest BCUT2D eigenvalue weighted by molar-refractivity contribution is -0.144. The molecule has 0 heterocycles. The number of carbonyl (C=O) groups is 3. The van der Waals surface area contributed by atoms with Crippen molar-refractivity contribution in [2.45, 2.75) is 32.2 Å². The van der Waals surface area contributed by atoms with Gasteiger partial charge < -0.3 is 10.4 Å². The third-order valence-electron chi connectivity index (χ3n) is 2.34. The molecule has 7 heteroatoms. The molecule has 7 nitrogen and oxygen atoms in total. The summed E-state index contributed by atoms with van der Waals surface area (Å²) >= 11 is 0. The van der Waals surface area contributed by atoms with Crippen molar-refractivity contribution in [2.24, 2.45) is 0 Å². The number of imide groups is 1. The molecule has 1 unspecified atom stereocenters. The van der Waals surface area contributed by atoms with E-state index in [1.54, 1.807) is 0 Å². The van der Waals surface area contributed by atoms with Crippen molar-refractivity contribution in [3.63, 3.8) is 0 Å². The molecule has 0 aromatic rings. The molecule has 0 bridgehead atoms. The molecule has 17 heavy (non-hydrogen) atoms. The minimum atomic E-state index is -1.16. The zero-order valence-corrected chi connectivity index (χ0v) is 10.3. The van der Waals surface area contributed by atoms with Crippen molar-refractivity contribution >= 4 is 17.9 Å². The molecule has 0 aliphatic carbocycles. The summed E-state index contributed by atoms with van der Waals surface area (Å²) < 4.78 is 0. The number of amides is 3. The second kappa shape index (κ2) is 6.85. The fourth-order valence-corrected chi connectivity index (χ4v) is 1.28. The van der Waals surface area contributed by atoms with E-state index in [2.05, 4.69) is 10.6 Å². The number of urea groups is 1. The van der Waals surface area contributed by atoms with Crippen LogP contribution >= 0.6 is 0 Å². The van der Waals surface area contributed by atoms with Crippen LogP contribution in [0.5, 0.6) is 0 Å². The molecular formula is C10H19N3O4. The van der Waals surface area contributed by atoms with Gasteiger partial charge in [-0.25, -0.2) is 4.79 Å². The van der Waals surface area contributed by atoms with Crippen LogP contribution in [0.2, 0.25) is 0 Å². The van der Waals surface area contributed by atoms with E-state index >= 15 is 0 Å². The quantitative estimate of drug-likeness (QED) is 0.513. The minimum absolute atomic E-state index is 0.226. The van der Waals surface area contributed by atoms with Crippen LogP contribution in [0.1, 0.15) is 26.7 Å². The highest BCUT2D eigenvalue weighted by molar-refractivity contribution is 5.95. The lowest BCUT2D eigenvalue weighted by atomic mass is 9.96. The molecule has 0 aromatic carbocycles. The van der Waals surface area contributed by atoms with Crippen molar-refractivity contribution < 1.29 is 19.5 Å². The van der Waals surface area contributed by atoms with Crippen molar-refractivity contribution in [2.75, 3.05) is 13.6 Å². The summed E-state index contributed by atoms with van der Waals surface area (Å²) in [6, 6.07) is -0.621. The maximum atomic E-state index is 11.3. The standard InChI is InChI=1S/C10H19N3O4/c1-4-5-10(2,8(15)16)12-6-7(14)13-9(17)11-3/h12H,4-6H2,1-3H3,(H,15,16)(H2,11,13,14,17). The van der Waals surface area contributed by atoms with Gasteiger partial charge in [-0.05, 0) is 13.3 Å². The van der Waals surface area contributed by atoms with Crippen LogP contribution in [0.25, 0.3) is 0 Å². The van der Waals surface area contributed by atoms with Gasteiger partial charge in [-0.15, -0.1) is 0 Å². The van der Waals surface area contributed by atoms with Crippen LogP contribution in [-0.4, -0.2) is 42.1 Å². The zero-order valence-electron chi connectivity index (χ0n) is 10.3. The lowest BCUT2D eigenvalue weighted by Crippen LogP contribution is -2.53. The molecule has 0 spiro atoms. The number of nitrogens with one attached hydrogen (secondary N) is 3. The predicted octanol–water partition coefficient (Wildman–Crippen LogP) is -0.325. The summed E-state index contributed by atoms with van der Waals surface area (Å²) in [4.78, 5) is 33.1. The van der Waals surface area contributed by atoms with E-state index in [-0.39, 0.29) is 6.54 Å². The Hall–Kier alpha value is -1.63. The average molecular weight is 245 g/mol. The van der Waals surface area contributed by atoms with Gasteiger partial charge in [0.25, 0.3) is 0 Å². The number of rotatable bonds is 6. The van der Waals surface area contributed by atoms with Crippen LogP contribution in [0.3, 0.4) is 0 Å². The molecule has 0 fully saturated rings. The predicted molar refractivity (Wildman–Crippen MR) is 61.5 cm³/mol. The summed E-state index contributed by atoms with van der Waals surface area (Å²) in [5.41, 5.74) is -1.16. The van der Waals surface area contributed by atoms with E-state index in [0.29, 0.717) is 12.8 Å². The highest BCUT2D eigenvalue weighted by atomic mass is 16.4. The monoisotopic (exact) mass is 245 g/mol. The first-order valence-electron chi connectivity index (χ1n) is 5.35. The Morgan fingerprint density at radius 2 is 1.88 bits per heavy atom. The number of carboxylic acids is 1. The second-order valence-corrected chi connectivity index (χ2v) is 3.87. The first kappa shape index (κ1) is 15.4. The van der Waals surface area contributed by atoms with E-state index < -0.39 is 23.4 Å². The summed E-state index contributed by atoms with van der Waals surface area (Å²) in [7, 11) is 1.38. The Balaban J connectivity index is 4.27. The Morgan fingerprint density at radius 1 is 1.29 bits per heavy atom. The number of carboxylic acid groups (broad SMARTS) is 1. The maximum absolute atomic E-state index is 11.3. The molecule has 98 valence electrons. The minimum Gasteiger partial charge on any atom is -0.480 e. The van der Waals surface area contributed by atoms with Gasteiger partial charge >= 0.3 is 12.0 Å². The topological polar surface area (TPSA) is 108 Å². The number of hydrogen-bond donors (Lipinski definition) is 4. The van der Waals surface area contributed by atoms with Gasteiger partial charge in [0.1, 0.15) is 5.54 Å². The van der Waals surface area contributed by atoms with E-state index in [0.717, 1.165) is 0 Å². The van der Waals surface area contributed by atoms with Crippen LogP contribution in [-0.2, 0) is 9.59 Å². The van der Waals surface area contributed by atoms with Crippen LogP contribution in [0.15, 0.2) is 0 Å². The molecular weight excluding hydrogens is 226 g/mol. The van der Waals surface area contributed by atoms with E-state index in [4.69, 9.17) is 5.11 Å². The van der Waals surface area contributed by atoms with Gasteiger partial charge in [0.05, 0.1) is 6.54 Å². The highest BCUT2D eigenvalue weighted by Crippen LogP contribution is 2.11. The van der Waals surface area contributed by atoms with Gasteiger partial charge in [0, 0.05) is 7.05 Å². The first-order chi connectivity index (χ1) is 7.85. The molecule has 0 aromatic heterocycles. The van der Waals surface area contributed by atoms with Gasteiger partial charge in [-0.3, -0.25) is 20.2 Å². The highest BCUT2D eigenvalue weighted by Gasteiger charge is 2.32. The molecule has 4 N–H and O–H groups in total. The molecule has 0 saturated heterocycles. The Labute approximate surface area is 100.0 Å². The lowest BCUT2D eigenvalue weighted by Gasteiger charge is -2.25. The summed E-state index contributed by atoms with van der Waals surface area (Å²) in [5, 5.41) is 15.9. The molecule has 1 atom stereocenters. The summed E-state index contributed by atoms with van der Waals surface area (Å²) in [6.07, 6.45) is 1.07. The normalized spacial score (nSPS) is 13.6. The van der Waals surface area contributed by atoms with Crippen molar-refractivity contribution in [3.05, 3.63) is 0 Å². The first-order valence-corrected chi connectivity index (χ1v) is 5.35. The average Bonchev–Trinajstić information content (AvgIpc) is 2.26. The number of carbonyl (C=O) groups excluding carboxylic acids is 2. The van der Waals surface area contributed by atoms with Gasteiger partial charge in [0.2, 0.25) is 5.91 Å².